The smallest absolute Gasteiger partial charge is 0.223 e. The zero-order valence-electron chi connectivity index (χ0n) is 15.4. The van der Waals surface area contributed by atoms with E-state index in [2.05, 4.69) is 9.88 Å². The van der Waals surface area contributed by atoms with Gasteiger partial charge in [0.1, 0.15) is 5.82 Å². The summed E-state index contributed by atoms with van der Waals surface area (Å²) in [5, 5.41) is 0. The van der Waals surface area contributed by atoms with Crippen LogP contribution in [0.3, 0.4) is 0 Å². The summed E-state index contributed by atoms with van der Waals surface area (Å²) < 4.78 is 13.2. The van der Waals surface area contributed by atoms with E-state index in [0.717, 1.165) is 36.1 Å². The molecule has 1 saturated heterocycles. The number of hydrogen-bond donors (Lipinski definition) is 0. The summed E-state index contributed by atoms with van der Waals surface area (Å²) in [5.74, 6) is 1.28. The van der Waals surface area contributed by atoms with Gasteiger partial charge in [0.25, 0.3) is 0 Å². The summed E-state index contributed by atoms with van der Waals surface area (Å²) in [6.45, 7) is 0. The van der Waals surface area contributed by atoms with Crippen LogP contribution >= 0.6 is 0 Å². The van der Waals surface area contributed by atoms with Crippen molar-refractivity contribution in [1.82, 2.24) is 14.9 Å². The molecule has 5 rings (SSSR count). The van der Waals surface area contributed by atoms with E-state index in [4.69, 9.17) is 4.98 Å². The van der Waals surface area contributed by atoms with Gasteiger partial charge in [-0.3, -0.25) is 4.79 Å². The van der Waals surface area contributed by atoms with Gasteiger partial charge in [-0.05, 0) is 55.9 Å². The highest BCUT2D eigenvalue weighted by Gasteiger charge is 2.43. The average Bonchev–Trinajstić information content (AvgIpc) is 3.29. The fourth-order valence-electron chi connectivity index (χ4n) is 5.16. The fourth-order valence-corrected chi connectivity index (χ4v) is 5.16. The summed E-state index contributed by atoms with van der Waals surface area (Å²) in [6.07, 6.45) is 10.4. The highest BCUT2D eigenvalue weighted by Crippen LogP contribution is 2.44. The zero-order chi connectivity index (χ0) is 18.4. The quantitative estimate of drug-likeness (QED) is 0.807. The summed E-state index contributed by atoms with van der Waals surface area (Å²) in [6, 6.07) is 6.70. The molecule has 1 saturated carbocycles. The molecule has 2 fully saturated rings. The third-order valence-corrected chi connectivity index (χ3v) is 6.52. The minimum Gasteiger partial charge on any atom is -0.332 e. The molecule has 3 aliphatic rings. The van der Waals surface area contributed by atoms with Crippen molar-refractivity contribution in [3.05, 3.63) is 47.5 Å². The maximum Gasteiger partial charge on any atom is 0.223 e. The van der Waals surface area contributed by atoms with Crippen molar-refractivity contribution in [2.45, 2.75) is 63.5 Å². The van der Waals surface area contributed by atoms with E-state index in [-0.39, 0.29) is 17.9 Å². The Labute approximate surface area is 158 Å². The number of benzene rings is 1. The number of hydrogen-bond acceptors (Lipinski definition) is 3. The molecule has 0 N–H and O–H groups in total. The van der Waals surface area contributed by atoms with Crippen LogP contribution in [0.5, 0.6) is 0 Å². The number of carbonyl (C=O) groups is 1. The van der Waals surface area contributed by atoms with E-state index in [0.29, 0.717) is 24.1 Å². The predicted molar refractivity (Wildman–Crippen MR) is 100 cm³/mol. The van der Waals surface area contributed by atoms with Crippen molar-refractivity contribution in [3.63, 3.8) is 0 Å². The third-order valence-electron chi connectivity index (χ3n) is 6.52. The first-order valence-electron chi connectivity index (χ1n) is 10.1. The number of halogens is 1. The van der Waals surface area contributed by atoms with Gasteiger partial charge in [0, 0.05) is 36.2 Å². The van der Waals surface area contributed by atoms with Crippen LogP contribution in [0.1, 0.15) is 62.2 Å². The van der Waals surface area contributed by atoms with Crippen LogP contribution in [0.15, 0.2) is 30.5 Å². The number of carbonyl (C=O) groups excluding carboxylic acids is 1. The van der Waals surface area contributed by atoms with E-state index in [9.17, 15) is 9.18 Å². The van der Waals surface area contributed by atoms with Crippen molar-refractivity contribution in [2.75, 3.05) is 0 Å². The van der Waals surface area contributed by atoms with Crippen LogP contribution in [0.25, 0.3) is 11.4 Å². The molecule has 4 nitrogen and oxygen atoms in total. The molecule has 1 amide bonds. The highest BCUT2D eigenvalue weighted by molar-refractivity contribution is 5.78. The van der Waals surface area contributed by atoms with Crippen LogP contribution in [0, 0.1) is 11.7 Å². The second kappa shape index (κ2) is 6.70. The Morgan fingerprint density at radius 3 is 2.67 bits per heavy atom. The lowest BCUT2D eigenvalue weighted by molar-refractivity contribution is -0.135. The van der Waals surface area contributed by atoms with E-state index < -0.39 is 0 Å². The molecular weight excluding hydrogens is 341 g/mol. The van der Waals surface area contributed by atoms with E-state index in [1.165, 1.54) is 37.8 Å². The van der Waals surface area contributed by atoms with Gasteiger partial charge in [-0.25, -0.2) is 14.4 Å². The summed E-state index contributed by atoms with van der Waals surface area (Å²) in [5.41, 5.74) is 2.99. The van der Waals surface area contributed by atoms with Crippen molar-refractivity contribution >= 4 is 5.91 Å². The predicted octanol–water partition coefficient (Wildman–Crippen LogP) is 4.45. The van der Waals surface area contributed by atoms with E-state index in [1.807, 2.05) is 6.20 Å². The molecule has 5 heteroatoms. The lowest BCUT2D eigenvalue weighted by Gasteiger charge is -2.36. The summed E-state index contributed by atoms with van der Waals surface area (Å²) in [7, 11) is 0. The van der Waals surface area contributed by atoms with Gasteiger partial charge in [0.15, 0.2) is 5.82 Å². The summed E-state index contributed by atoms with van der Waals surface area (Å²) in [4.78, 5) is 24.4. The standard InChI is InChI=1S/C22H24FN3O/c23-16-7-5-15(6-8-16)22-24-13-18-19(25-22)12-17-9-10-20(18)26(17)21(27)11-14-3-1-2-4-14/h5-8,13-14,17,20H,1-4,9-12H2. The molecule has 0 spiro atoms. The maximum absolute atomic E-state index is 13.2. The molecule has 2 aliphatic heterocycles. The molecule has 2 unspecified atom stereocenters. The Morgan fingerprint density at radius 1 is 1.11 bits per heavy atom. The van der Waals surface area contributed by atoms with E-state index in [1.54, 1.807) is 12.1 Å². The van der Waals surface area contributed by atoms with Crippen molar-refractivity contribution in [1.29, 1.82) is 0 Å². The molecule has 2 aromatic rings. The maximum atomic E-state index is 13.2. The molecule has 2 atom stereocenters. The minimum atomic E-state index is -0.258. The molecular formula is C22H24FN3O. The lowest BCUT2D eigenvalue weighted by Crippen LogP contribution is -2.42. The molecule has 1 aromatic carbocycles. The molecule has 3 heterocycles. The number of amides is 1. The number of aromatic nitrogens is 2. The van der Waals surface area contributed by atoms with Crippen LogP contribution in [-0.2, 0) is 11.2 Å². The highest BCUT2D eigenvalue weighted by atomic mass is 19.1. The zero-order valence-corrected chi connectivity index (χ0v) is 15.4. The van der Waals surface area contributed by atoms with Crippen LogP contribution in [0.2, 0.25) is 0 Å². The Bertz CT molecular complexity index is 860. The molecule has 1 aromatic heterocycles. The Balaban J connectivity index is 1.40. The largest absolute Gasteiger partial charge is 0.332 e. The second-order valence-corrected chi connectivity index (χ2v) is 8.21. The van der Waals surface area contributed by atoms with Crippen LogP contribution in [0.4, 0.5) is 4.39 Å². The van der Waals surface area contributed by atoms with Gasteiger partial charge >= 0.3 is 0 Å². The second-order valence-electron chi connectivity index (χ2n) is 8.21. The van der Waals surface area contributed by atoms with Crippen molar-refractivity contribution in [3.8, 4) is 11.4 Å². The van der Waals surface area contributed by atoms with Gasteiger partial charge in [-0.15, -0.1) is 0 Å². The number of rotatable bonds is 3. The van der Waals surface area contributed by atoms with Gasteiger partial charge in [0.2, 0.25) is 5.91 Å². The van der Waals surface area contributed by atoms with E-state index >= 15 is 0 Å². The van der Waals surface area contributed by atoms with Crippen LogP contribution < -0.4 is 0 Å². The normalized spacial score (nSPS) is 24.3. The van der Waals surface area contributed by atoms with Gasteiger partial charge < -0.3 is 4.90 Å². The SMILES string of the molecule is O=C(CC1CCCC1)N1C2CCC1c1cnc(-c3ccc(F)cc3)nc1C2. The summed E-state index contributed by atoms with van der Waals surface area (Å²) >= 11 is 0. The average molecular weight is 365 g/mol. The van der Waals surface area contributed by atoms with Gasteiger partial charge in [0.05, 0.1) is 11.7 Å². The number of nitrogens with zero attached hydrogens (tertiary/aromatic N) is 3. The van der Waals surface area contributed by atoms with Gasteiger partial charge in [-0.2, -0.15) is 0 Å². The Kier molecular flexibility index (Phi) is 4.18. The minimum absolute atomic E-state index is 0.134. The first-order valence-corrected chi connectivity index (χ1v) is 10.1. The first-order chi connectivity index (χ1) is 13.2. The molecule has 140 valence electrons. The Morgan fingerprint density at radius 2 is 1.89 bits per heavy atom. The molecule has 2 bridgehead atoms. The molecule has 1 aliphatic carbocycles. The first kappa shape index (κ1) is 16.8. The topological polar surface area (TPSA) is 46.1 Å². The van der Waals surface area contributed by atoms with Crippen molar-refractivity contribution < 1.29 is 9.18 Å². The fraction of sp³-hybridized carbons (Fsp3) is 0.500. The lowest BCUT2D eigenvalue weighted by atomic mass is 9.96. The monoisotopic (exact) mass is 365 g/mol. The van der Waals surface area contributed by atoms with Gasteiger partial charge in [-0.1, -0.05) is 12.8 Å². The number of fused-ring (bicyclic) bond motifs is 4. The molecule has 0 radical (unpaired) electrons. The third kappa shape index (κ3) is 3.03. The Hall–Kier alpha value is -2.30. The molecule has 27 heavy (non-hydrogen) atoms. The van der Waals surface area contributed by atoms with Crippen LogP contribution in [-0.4, -0.2) is 26.8 Å². The van der Waals surface area contributed by atoms with Crippen molar-refractivity contribution in [2.24, 2.45) is 5.92 Å².